The molecule has 1 heterocycles. The lowest BCUT2D eigenvalue weighted by atomic mass is 10.0. The second-order valence-electron chi connectivity index (χ2n) is 5.22. The van der Waals surface area contributed by atoms with Gasteiger partial charge in [-0.1, -0.05) is 36.4 Å². The summed E-state index contributed by atoms with van der Waals surface area (Å²) in [6.45, 7) is 0. The van der Waals surface area contributed by atoms with Gasteiger partial charge < -0.3 is 5.32 Å². The van der Waals surface area contributed by atoms with E-state index in [0.717, 1.165) is 12.8 Å². The number of pyridine rings is 1. The Balaban J connectivity index is 1.70. The van der Waals surface area contributed by atoms with Crippen molar-refractivity contribution in [3.63, 3.8) is 0 Å². The highest BCUT2D eigenvalue weighted by Crippen LogP contribution is 2.10. The lowest BCUT2D eigenvalue weighted by Gasteiger charge is -2.15. The fourth-order valence-electron chi connectivity index (χ4n) is 2.50. The highest BCUT2D eigenvalue weighted by molar-refractivity contribution is 5.14. The highest BCUT2D eigenvalue weighted by Gasteiger charge is 2.06. The number of benzene rings is 1. The monoisotopic (exact) mass is 268 g/mol. The summed E-state index contributed by atoms with van der Waals surface area (Å²) in [6, 6.07) is 17.5. The van der Waals surface area contributed by atoms with Gasteiger partial charge in [0.1, 0.15) is 0 Å². The van der Waals surface area contributed by atoms with Crippen molar-refractivity contribution in [2.75, 3.05) is 7.05 Å². The summed E-state index contributed by atoms with van der Waals surface area (Å²) in [4.78, 5) is 4.39. The maximum atomic E-state index is 4.39. The SMILES string of the molecule is CNC(CCCc1ccccc1)CCc1ccccn1. The molecule has 1 unspecified atom stereocenters. The molecule has 1 aromatic carbocycles. The van der Waals surface area contributed by atoms with Crippen molar-refractivity contribution in [1.29, 1.82) is 0 Å². The minimum atomic E-state index is 0.584. The molecule has 0 amide bonds. The van der Waals surface area contributed by atoms with Crippen LogP contribution in [0.2, 0.25) is 0 Å². The molecule has 0 spiro atoms. The molecule has 2 nitrogen and oxygen atoms in total. The van der Waals surface area contributed by atoms with Crippen molar-refractivity contribution in [2.45, 2.75) is 38.1 Å². The zero-order chi connectivity index (χ0) is 14.0. The molecule has 1 N–H and O–H groups in total. The first kappa shape index (κ1) is 14.7. The third-order valence-corrected chi connectivity index (χ3v) is 3.74. The Morgan fingerprint density at radius 3 is 2.45 bits per heavy atom. The van der Waals surface area contributed by atoms with Crippen LogP contribution in [0.3, 0.4) is 0 Å². The third kappa shape index (κ3) is 5.14. The smallest absolute Gasteiger partial charge is 0.0404 e. The molecule has 0 aliphatic heterocycles. The Morgan fingerprint density at radius 1 is 0.950 bits per heavy atom. The van der Waals surface area contributed by atoms with E-state index in [9.17, 15) is 0 Å². The predicted octanol–water partition coefficient (Wildman–Crippen LogP) is 3.63. The van der Waals surface area contributed by atoms with Crippen LogP contribution in [0.25, 0.3) is 0 Å². The van der Waals surface area contributed by atoms with Crippen LogP contribution in [0.15, 0.2) is 54.7 Å². The van der Waals surface area contributed by atoms with Gasteiger partial charge >= 0.3 is 0 Å². The number of nitrogens with one attached hydrogen (secondary N) is 1. The van der Waals surface area contributed by atoms with Crippen LogP contribution >= 0.6 is 0 Å². The lowest BCUT2D eigenvalue weighted by Crippen LogP contribution is -2.26. The van der Waals surface area contributed by atoms with Gasteiger partial charge in [-0.3, -0.25) is 4.98 Å². The van der Waals surface area contributed by atoms with Gasteiger partial charge in [0, 0.05) is 17.9 Å². The molecular formula is C18H24N2. The van der Waals surface area contributed by atoms with Gasteiger partial charge in [0.25, 0.3) is 0 Å². The predicted molar refractivity (Wildman–Crippen MR) is 84.8 cm³/mol. The summed E-state index contributed by atoms with van der Waals surface area (Å²) < 4.78 is 0. The van der Waals surface area contributed by atoms with Crippen LogP contribution in [-0.4, -0.2) is 18.1 Å². The molecule has 1 atom stereocenters. The van der Waals surface area contributed by atoms with Crippen molar-refractivity contribution in [3.05, 3.63) is 66.0 Å². The molecule has 0 aliphatic rings. The molecular weight excluding hydrogens is 244 g/mol. The minimum absolute atomic E-state index is 0.584. The van der Waals surface area contributed by atoms with Crippen LogP contribution in [0.1, 0.15) is 30.5 Å². The van der Waals surface area contributed by atoms with E-state index in [0.29, 0.717) is 6.04 Å². The first-order chi connectivity index (χ1) is 9.88. The summed E-state index contributed by atoms with van der Waals surface area (Å²) in [5.41, 5.74) is 2.63. The summed E-state index contributed by atoms with van der Waals surface area (Å²) >= 11 is 0. The molecule has 2 aromatic rings. The van der Waals surface area contributed by atoms with Crippen LogP contribution in [0.5, 0.6) is 0 Å². The summed E-state index contributed by atoms with van der Waals surface area (Å²) in [5, 5.41) is 3.43. The van der Waals surface area contributed by atoms with Gasteiger partial charge in [0.2, 0.25) is 0 Å². The maximum absolute atomic E-state index is 4.39. The van der Waals surface area contributed by atoms with Crippen molar-refractivity contribution in [3.8, 4) is 0 Å². The number of nitrogens with zero attached hydrogens (tertiary/aromatic N) is 1. The van der Waals surface area contributed by atoms with Gasteiger partial charge in [-0.25, -0.2) is 0 Å². The zero-order valence-electron chi connectivity index (χ0n) is 12.3. The Kier molecular flexibility index (Phi) is 6.25. The molecule has 0 saturated heterocycles. The molecule has 0 fully saturated rings. The molecule has 2 rings (SSSR count). The van der Waals surface area contributed by atoms with Crippen LogP contribution in [0, 0.1) is 0 Å². The number of rotatable bonds is 8. The van der Waals surface area contributed by atoms with E-state index in [-0.39, 0.29) is 0 Å². The molecule has 0 aliphatic carbocycles. The quantitative estimate of drug-likeness (QED) is 0.791. The van der Waals surface area contributed by atoms with Crippen LogP contribution in [0.4, 0.5) is 0 Å². The first-order valence-corrected chi connectivity index (χ1v) is 7.49. The normalized spacial score (nSPS) is 12.2. The fraction of sp³-hybridized carbons (Fsp3) is 0.389. The molecule has 0 bridgehead atoms. The van der Waals surface area contributed by atoms with Gasteiger partial charge in [-0.05, 0) is 56.8 Å². The van der Waals surface area contributed by atoms with Crippen molar-refractivity contribution in [1.82, 2.24) is 10.3 Å². The molecule has 2 heteroatoms. The largest absolute Gasteiger partial charge is 0.317 e. The second kappa shape index (κ2) is 8.49. The topological polar surface area (TPSA) is 24.9 Å². The molecule has 1 aromatic heterocycles. The van der Waals surface area contributed by atoms with Crippen LogP contribution < -0.4 is 5.32 Å². The van der Waals surface area contributed by atoms with E-state index in [2.05, 4.69) is 59.8 Å². The number of aryl methyl sites for hydroxylation is 2. The third-order valence-electron chi connectivity index (χ3n) is 3.74. The van der Waals surface area contributed by atoms with Gasteiger partial charge in [-0.2, -0.15) is 0 Å². The summed E-state index contributed by atoms with van der Waals surface area (Å²) in [7, 11) is 2.06. The average molecular weight is 268 g/mol. The molecule has 20 heavy (non-hydrogen) atoms. The number of hydrogen-bond acceptors (Lipinski definition) is 2. The number of aromatic nitrogens is 1. The maximum Gasteiger partial charge on any atom is 0.0404 e. The minimum Gasteiger partial charge on any atom is -0.317 e. The Bertz CT molecular complexity index is 467. The standard InChI is InChI=1S/C18H24N2/c1-19-17(13-14-18-11-5-6-15-20-18)12-7-10-16-8-3-2-4-9-16/h2-6,8-9,11,15,17,19H,7,10,12-14H2,1H3. The summed E-state index contributed by atoms with van der Waals surface area (Å²) in [6.07, 6.45) is 7.71. The average Bonchev–Trinajstić information content (AvgIpc) is 2.52. The van der Waals surface area contributed by atoms with E-state index in [1.54, 1.807) is 0 Å². The number of hydrogen-bond donors (Lipinski definition) is 1. The van der Waals surface area contributed by atoms with Crippen molar-refractivity contribution >= 4 is 0 Å². The molecule has 106 valence electrons. The highest BCUT2D eigenvalue weighted by atomic mass is 14.9. The van der Waals surface area contributed by atoms with E-state index < -0.39 is 0 Å². The summed E-state index contributed by atoms with van der Waals surface area (Å²) in [5.74, 6) is 0. The molecule has 0 saturated carbocycles. The van der Waals surface area contributed by atoms with Gasteiger partial charge in [0.15, 0.2) is 0 Å². The van der Waals surface area contributed by atoms with E-state index >= 15 is 0 Å². The van der Waals surface area contributed by atoms with E-state index in [4.69, 9.17) is 0 Å². The fourth-order valence-corrected chi connectivity index (χ4v) is 2.50. The Morgan fingerprint density at radius 2 is 1.75 bits per heavy atom. The first-order valence-electron chi connectivity index (χ1n) is 7.49. The zero-order valence-corrected chi connectivity index (χ0v) is 12.3. The lowest BCUT2D eigenvalue weighted by molar-refractivity contribution is 0.472. The van der Waals surface area contributed by atoms with Crippen LogP contribution in [-0.2, 0) is 12.8 Å². The van der Waals surface area contributed by atoms with E-state index in [1.165, 1.54) is 30.5 Å². The molecule has 0 radical (unpaired) electrons. The Labute approximate surface area is 122 Å². The Hall–Kier alpha value is -1.67. The van der Waals surface area contributed by atoms with E-state index in [1.807, 2.05) is 12.3 Å². The second-order valence-corrected chi connectivity index (χ2v) is 5.22. The van der Waals surface area contributed by atoms with Gasteiger partial charge in [-0.15, -0.1) is 0 Å². The van der Waals surface area contributed by atoms with Crippen molar-refractivity contribution in [2.24, 2.45) is 0 Å². The van der Waals surface area contributed by atoms with Crippen molar-refractivity contribution < 1.29 is 0 Å². The van der Waals surface area contributed by atoms with Gasteiger partial charge in [0.05, 0.1) is 0 Å².